The van der Waals surface area contributed by atoms with Gasteiger partial charge in [-0.2, -0.15) is 23.1 Å². The number of hydrogen-bond acceptors (Lipinski definition) is 4. The van der Waals surface area contributed by atoms with Gasteiger partial charge in [-0.3, -0.25) is 0 Å². The molecule has 1 N–H and O–H groups in total. The average Bonchev–Trinajstić information content (AvgIpc) is 2.72. The molecule has 96 valence electrons. The van der Waals surface area contributed by atoms with E-state index >= 15 is 0 Å². The highest BCUT2D eigenvalue weighted by Crippen LogP contribution is 2.09. The molecule has 0 aliphatic carbocycles. The Morgan fingerprint density at radius 3 is 3.12 bits per heavy atom. The van der Waals surface area contributed by atoms with Crippen molar-refractivity contribution in [2.24, 2.45) is 0 Å². The van der Waals surface area contributed by atoms with Crippen LogP contribution >= 0.6 is 23.1 Å². The van der Waals surface area contributed by atoms with Crippen LogP contribution in [0.1, 0.15) is 12.0 Å². The molecule has 0 unspecified atom stereocenters. The average molecular weight is 270 g/mol. The number of thioether (sulfide) groups is 1. The number of thiophene rings is 1. The zero-order valence-corrected chi connectivity index (χ0v) is 12.0. The first-order valence-corrected chi connectivity index (χ1v) is 8.57. The van der Waals surface area contributed by atoms with E-state index in [0.29, 0.717) is 0 Å². The maximum Gasteiger partial charge on any atom is 0.0107 e. The van der Waals surface area contributed by atoms with E-state index in [1.54, 1.807) is 11.3 Å². The summed E-state index contributed by atoms with van der Waals surface area (Å²) in [6.45, 7) is 6.02. The predicted molar refractivity (Wildman–Crippen MR) is 79.3 cm³/mol. The third-order valence-electron chi connectivity index (χ3n) is 3.09. The second-order valence-electron chi connectivity index (χ2n) is 4.44. The third-order valence-corrected chi connectivity index (χ3v) is 4.87. The van der Waals surface area contributed by atoms with Gasteiger partial charge in [-0.25, -0.2) is 0 Å². The number of nitrogens with zero attached hydrogens (tertiary/aromatic N) is 1. The summed E-state index contributed by atoms with van der Waals surface area (Å²) in [5, 5.41) is 7.95. The lowest BCUT2D eigenvalue weighted by molar-refractivity contribution is 0.295. The van der Waals surface area contributed by atoms with Gasteiger partial charge in [0.15, 0.2) is 0 Å². The Labute approximate surface area is 113 Å². The zero-order valence-electron chi connectivity index (χ0n) is 10.4. The van der Waals surface area contributed by atoms with Crippen LogP contribution in [0.15, 0.2) is 16.8 Å². The quantitative estimate of drug-likeness (QED) is 0.799. The van der Waals surface area contributed by atoms with Crippen molar-refractivity contribution in [2.45, 2.75) is 12.8 Å². The van der Waals surface area contributed by atoms with Gasteiger partial charge in [0.25, 0.3) is 0 Å². The molecule has 0 atom stereocenters. The molecule has 0 radical (unpaired) electrons. The van der Waals surface area contributed by atoms with Gasteiger partial charge >= 0.3 is 0 Å². The lowest BCUT2D eigenvalue weighted by atomic mass is 10.2. The topological polar surface area (TPSA) is 15.3 Å². The summed E-state index contributed by atoms with van der Waals surface area (Å²) >= 11 is 3.89. The summed E-state index contributed by atoms with van der Waals surface area (Å²) in [6.07, 6.45) is 2.53. The molecule has 2 nitrogen and oxygen atoms in total. The van der Waals surface area contributed by atoms with Gasteiger partial charge in [0, 0.05) is 25.4 Å². The summed E-state index contributed by atoms with van der Waals surface area (Å²) in [5.74, 6) is 2.66. The van der Waals surface area contributed by atoms with Crippen LogP contribution in [0, 0.1) is 0 Å². The fourth-order valence-electron chi connectivity index (χ4n) is 2.05. The number of nitrogens with one attached hydrogen (secondary N) is 1. The second kappa shape index (κ2) is 8.14. The van der Waals surface area contributed by atoms with Crippen LogP contribution in [0.2, 0.25) is 0 Å². The van der Waals surface area contributed by atoms with Gasteiger partial charge in [0.1, 0.15) is 0 Å². The fraction of sp³-hybridized carbons (Fsp3) is 0.692. The molecule has 1 aromatic rings. The molecule has 2 heterocycles. The van der Waals surface area contributed by atoms with Crippen LogP contribution in [0.4, 0.5) is 0 Å². The Balaban J connectivity index is 1.50. The minimum Gasteiger partial charge on any atom is -0.315 e. The van der Waals surface area contributed by atoms with Crippen molar-refractivity contribution in [1.82, 2.24) is 10.2 Å². The second-order valence-corrected chi connectivity index (χ2v) is 6.44. The highest BCUT2D eigenvalue weighted by Gasteiger charge is 2.07. The molecule has 4 heteroatoms. The molecule has 1 aliphatic rings. The molecule has 0 saturated carbocycles. The van der Waals surface area contributed by atoms with Crippen molar-refractivity contribution in [2.75, 3.05) is 44.2 Å². The van der Waals surface area contributed by atoms with E-state index in [1.807, 2.05) is 0 Å². The van der Waals surface area contributed by atoms with E-state index in [1.165, 1.54) is 49.5 Å². The molecule has 0 bridgehead atoms. The minimum absolute atomic E-state index is 1.11. The van der Waals surface area contributed by atoms with Gasteiger partial charge in [0.2, 0.25) is 0 Å². The Kier molecular flexibility index (Phi) is 6.42. The van der Waals surface area contributed by atoms with Gasteiger partial charge < -0.3 is 10.2 Å². The summed E-state index contributed by atoms with van der Waals surface area (Å²) < 4.78 is 0. The van der Waals surface area contributed by atoms with Crippen molar-refractivity contribution in [3.05, 3.63) is 22.4 Å². The molecule has 17 heavy (non-hydrogen) atoms. The van der Waals surface area contributed by atoms with E-state index in [4.69, 9.17) is 0 Å². The predicted octanol–water partition coefficient (Wildman–Crippen LogP) is 2.32. The highest BCUT2D eigenvalue weighted by molar-refractivity contribution is 7.99. The monoisotopic (exact) mass is 270 g/mol. The molecule has 2 rings (SSSR count). The fourth-order valence-corrected chi connectivity index (χ4v) is 3.68. The molecule has 1 saturated heterocycles. The van der Waals surface area contributed by atoms with Gasteiger partial charge in [-0.05, 0) is 54.1 Å². The van der Waals surface area contributed by atoms with Crippen molar-refractivity contribution in [1.29, 1.82) is 0 Å². The molecular formula is C13H22N2S2. The van der Waals surface area contributed by atoms with Crippen LogP contribution in [-0.2, 0) is 6.42 Å². The van der Waals surface area contributed by atoms with E-state index in [0.717, 1.165) is 13.1 Å². The Morgan fingerprint density at radius 1 is 1.24 bits per heavy atom. The molecule has 1 aliphatic heterocycles. The highest BCUT2D eigenvalue weighted by atomic mass is 32.2. The standard InChI is InChI=1S/C13H22N2S2/c1-6-15(8-11-16-9-1)7-5-14-4-2-13-3-10-17-12-13/h3,10,12,14H,1-2,4-9,11H2. The maximum absolute atomic E-state index is 3.55. The van der Waals surface area contributed by atoms with Crippen LogP contribution in [0.5, 0.6) is 0 Å². The van der Waals surface area contributed by atoms with Crippen LogP contribution in [0.25, 0.3) is 0 Å². The molecule has 0 aromatic carbocycles. The smallest absolute Gasteiger partial charge is 0.0107 e. The lowest BCUT2D eigenvalue weighted by Gasteiger charge is -2.19. The maximum atomic E-state index is 3.55. The molecule has 0 amide bonds. The summed E-state index contributed by atoms with van der Waals surface area (Å²) in [4.78, 5) is 2.59. The Bertz CT molecular complexity index is 280. The van der Waals surface area contributed by atoms with E-state index in [-0.39, 0.29) is 0 Å². The third kappa shape index (κ3) is 5.42. The zero-order chi connectivity index (χ0) is 11.8. The lowest BCUT2D eigenvalue weighted by Crippen LogP contribution is -2.34. The van der Waals surface area contributed by atoms with Crippen LogP contribution in [-0.4, -0.2) is 49.1 Å². The van der Waals surface area contributed by atoms with Crippen LogP contribution in [0.3, 0.4) is 0 Å². The first kappa shape index (κ1) is 13.4. The summed E-state index contributed by atoms with van der Waals surface area (Å²) in [7, 11) is 0. The van der Waals surface area contributed by atoms with Crippen LogP contribution < -0.4 is 5.32 Å². The van der Waals surface area contributed by atoms with Crippen molar-refractivity contribution in [3.63, 3.8) is 0 Å². The Hall–Kier alpha value is -0.0300. The largest absolute Gasteiger partial charge is 0.315 e. The first-order valence-electron chi connectivity index (χ1n) is 6.47. The molecular weight excluding hydrogens is 248 g/mol. The molecule has 0 spiro atoms. The molecule has 1 fully saturated rings. The van der Waals surface area contributed by atoms with Gasteiger partial charge in [-0.15, -0.1) is 0 Å². The van der Waals surface area contributed by atoms with Crippen molar-refractivity contribution < 1.29 is 0 Å². The normalized spacial score (nSPS) is 18.1. The van der Waals surface area contributed by atoms with Gasteiger partial charge in [0.05, 0.1) is 0 Å². The minimum atomic E-state index is 1.11. The summed E-state index contributed by atoms with van der Waals surface area (Å²) in [5.41, 5.74) is 1.47. The van der Waals surface area contributed by atoms with Gasteiger partial charge in [-0.1, -0.05) is 0 Å². The van der Waals surface area contributed by atoms with E-state index in [2.05, 4.69) is 38.8 Å². The van der Waals surface area contributed by atoms with E-state index < -0.39 is 0 Å². The number of hydrogen-bond donors (Lipinski definition) is 1. The summed E-state index contributed by atoms with van der Waals surface area (Å²) in [6, 6.07) is 2.22. The SMILES string of the molecule is c1cc(CCNCCN2CCCSCC2)cs1. The Morgan fingerprint density at radius 2 is 2.24 bits per heavy atom. The number of rotatable bonds is 6. The molecule has 1 aromatic heterocycles. The van der Waals surface area contributed by atoms with E-state index in [9.17, 15) is 0 Å². The van der Waals surface area contributed by atoms with Crippen molar-refractivity contribution in [3.8, 4) is 0 Å². The van der Waals surface area contributed by atoms with Crippen molar-refractivity contribution >= 4 is 23.1 Å². The first-order chi connectivity index (χ1) is 8.45.